The lowest BCUT2D eigenvalue weighted by molar-refractivity contribution is 0.0922. The van der Waals surface area contributed by atoms with E-state index < -0.39 is 0 Å². The second-order valence-corrected chi connectivity index (χ2v) is 5.89. The van der Waals surface area contributed by atoms with Crippen molar-refractivity contribution in [3.8, 4) is 0 Å². The van der Waals surface area contributed by atoms with Crippen molar-refractivity contribution in [2.24, 2.45) is 5.92 Å². The molecule has 2 unspecified atom stereocenters. The van der Waals surface area contributed by atoms with E-state index in [2.05, 4.69) is 17.4 Å². The van der Waals surface area contributed by atoms with E-state index in [0.29, 0.717) is 30.6 Å². The Labute approximate surface area is 117 Å². The van der Waals surface area contributed by atoms with Crippen molar-refractivity contribution in [2.45, 2.75) is 31.7 Å². The summed E-state index contributed by atoms with van der Waals surface area (Å²) < 4.78 is 17.5. The number of hydrogen-bond acceptors (Lipinski definition) is 4. The summed E-state index contributed by atoms with van der Waals surface area (Å²) in [6.45, 7) is 3.68. The Morgan fingerprint density at radius 2 is 2.35 bits per heavy atom. The molecule has 1 saturated carbocycles. The second kappa shape index (κ2) is 5.52. The third-order valence-electron chi connectivity index (χ3n) is 4.15. The van der Waals surface area contributed by atoms with Crippen LogP contribution in [0.25, 0.3) is 0 Å². The zero-order valence-electron chi connectivity index (χ0n) is 11.6. The normalized spacial score (nSPS) is 26.9. The molecule has 2 fully saturated rings. The van der Waals surface area contributed by atoms with Crippen molar-refractivity contribution in [3.05, 3.63) is 17.5 Å². The molecule has 1 aliphatic heterocycles. The molecule has 0 spiro atoms. The largest absolute Gasteiger partial charge is 0.360 e. The van der Waals surface area contributed by atoms with Crippen LogP contribution in [0.1, 0.15) is 41.9 Å². The summed E-state index contributed by atoms with van der Waals surface area (Å²) in [6, 6.07) is 1.79. The van der Waals surface area contributed by atoms with Gasteiger partial charge in [-0.1, -0.05) is 12.1 Å². The first-order valence-electron chi connectivity index (χ1n) is 7.23. The summed E-state index contributed by atoms with van der Waals surface area (Å²) in [6.07, 6.45) is 2.24. The van der Waals surface area contributed by atoms with Crippen molar-refractivity contribution in [1.29, 1.82) is 0 Å². The van der Waals surface area contributed by atoms with Crippen molar-refractivity contribution in [1.82, 2.24) is 15.4 Å². The van der Waals surface area contributed by atoms with Crippen LogP contribution in [0, 0.1) is 5.92 Å². The van der Waals surface area contributed by atoms with Crippen molar-refractivity contribution < 1.29 is 13.7 Å². The Balaban J connectivity index is 1.57. The summed E-state index contributed by atoms with van der Waals surface area (Å²) in [5.74, 6) is 1.39. The number of hydrogen-bond donors (Lipinski definition) is 1. The van der Waals surface area contributed by atoms with Crippen molar-refractivity contribution in [3.63, 3.8) is 0 Å². The van der Waals surface area contributed by atoms with Gasteiger partial charge in [0.15, 0.2) is 5.69 Å². The van der Waals surface area contributed by atoms with Gasteiger partial charge in [-0.15, -0.1) is 0 Å². The molecule has 1 N–H and O–H groups in total. The molecular formula is C14H20FN3O2. The van der Waals surface area contributed by atoms with Gasteiger partial charge in [-0.2, -0.15) is 0 Å². The maximum Gasteiger partial charge on any atom is 0.273 e. The van der Waals surface area contributed by atoms with Crippen LogP contribution in [0.2, 0.25) is 0 Å². The van der Waals surface area contributed by atoms with Gasteiger partial charge in [-0.3, -0.25) is 9.69 Å². The third kappa shape index (κ3) is 2.85. The summed E-state index contributed by atoms with van der Waals surface area (Å²) in [5.41, 5.74) is 0.350. The number of aromatic nitrogens is 1. The average Bonchev–Trinajstić information content (AvgIpc) is 3.05. The van der Waals surface area contributed by atoms with Gasteiger partial charge >= 0.3 is 0 Å². The molecule has 1 amide bonds. The number of amides is 1. The minimum atomic E-state index is -0.346. The molecular weight excluding hydrogens is 261 g/mol. The zero-order valence-corrected chi connectivity index (χ0v) is 11.6. The summed E-state index contributed by atoms with van der Waals surface area (Å²) >= 11 is 0. The molecule has 1 aromatic rings. The van der Waals surface area contributed by atoms with Crippen molar-refractivity contribution in [2.75, 3.05) is 26.3 Å². The lowest BCUT2D eigenvalue weighted by Gasteiger charge is -2.15. The molecule has 2 heterocycles. The highest BCUT2D eigenvalue weighted by atomic mass is 19.1. The smallest absolute Gasteiger partial charge is 0.273 e. The Morgan fingerprint density at radius 3 is 3.05 bits per heavy atom. The molecule has 0 bridgehead atoms. The van der Waals surface area contributed by atoms with Crippen LogP contribution in [-0.2, 0) is 0 Å². The number of carbonyl (C=O) groups is 1. The molecule has 3 rings (SSSR count). The zero-order chi connectivity index (χ0) is 14.1. The number of alkyl halides is 1. The number of rotatable bonds is 5. The predicted molar refractivity (Wildman–Crippen MR) is 71.3 cm³/mol. The molecule has 110 valence electrons. The van der Waals surface area contributed by atoms with E-state index in [0.717, 1.165) is 25.1 Å². The number of carbonyl (C=O) groups excluding carboxylic acids is 1. The van der Waals surface area contributed by atoms with Gasteiger partial charge in [0.25, 0.3) is 5.91 Å². The quantitative estimate of drug-likeness (QED) is 0.890. The van der Waals surface area contributed by atoms with Gasteiger partial charge in [0, 0.05) is 37.7 Å². The fourth-order valence-corrected chi connectivity index (χ4v) is 2.76. The van der Waals surface area contributed by atoms with E-state index in [1.807, 2.05) is 4.90 Å². The molecule has 0 radical (unpaired) electrons. The molecule has 1 aromatic heterocycles. The summed E-state index contributed by atoms with van der Waals surface area (Å²) in [5, 5.41) is 6.82. The highest BCUT2D eigenvalue weighted by Crippen LogP contribution is 2.40. The van der Waals surface area contributed by atoms with Gasteiger partial charge in [-0.25, -0.2) is 4.39 Å². The summed E-state index contributed by atoms with van der Waals surface area (Å²) in [4.78, 5) is 14.2. The Hall–Kier alpha value is -1.43. The molecule has 5 nitrogen and oxygen atoms in total. The number of halogens is 1. The standard InChI is InChI=1S/C14H20FN3O2/c1-9-7-18(5-4-15)8-12(9)16-14(19)11-6-13(20-17-11)10-2-3-10/h6,9-10,12H,2-5,7-8H2,1H3,(H,16,19). The molecule has 1 saturated heterocycles. The first-order chi connectivity index (χ1) is 9.67. The minimum Gasteiger partial charge on any atom is -0.360 e. The van der Waals surface area contributed by atoms with E-state index >= 15 is 0 Å². The van der Waals surface area contributed by atoms with E-state index in [1.54, 1.807) is 6.07 Å². The maximum absolute atomic E-state index is 12.4. The van der Waals surface area contributed by atoms with Crippen LogP contribution in [-0.4, -0.2) is 48.3 Å². The fraction of sp³-hybridized carbons (Fsp3) is 0.714. The van der Waals surface area contributed by atoms with Gasteiger partial charge in [0.1, 0.15) is 12.4 Å². The Bertz CT molecular complexity index is 487. The SMILES string of the molecule is CC1CN(CCF)CC1NC(=O)c1cc(C2CC2)on1. The number of likely N-dealkylation sites (tertiary alicyclic amines) is 1. The van der Waals surface area contributed by atoms with Gasteiger partial charge in [0.05, 0.1) is 0 Å². The van der Waals surface area contributed by atoms with Crippen LogP contribution < -0.4 is 5.32 Å². The number of nitrogens with zero attached hydrogens (tertiary/aromatic N) is 2. The van der Waals surface area contributed by atoms with Crippen LogP contribution in [0.3, 0.4) is 0 Å². The van der Waals surface area contributed by atoms with Crippen LogP contribution in [0.4, 0.5) is 4.39 Å². The van der Waals surface area contributed by atoms with Crippen molar-refractivity contribution >= 4 is 5.91 Å². The molecule has 2 aliphatic rings. The Kier molecular flexibility index (Phi) is 3.74. The van der Waals surface area contributed by atoms with E-state index in [-0.39, 0.29) is 18.6 Å². The second-order valence-electron chi connectivity index (χ2n) is 5.89. The molecule has 20 heavy (non-hydrogen) atoms. The topological polar surface area (TPSA) is 58.4 Å². The Morgan fingerprint density at radius 1 is 1.55 bits per heavy atom. The minimum absolute atomic E-state index is 0.0510. The van der Waals surface area contributed by atoms with Crippen LogP contribution in [0.5, 0.6) is 0 Å². The number of nitrogens with one attached hydrogen (secondary N) is 1. The third-order valence-corrected chi connectivity index (χ3v) is 4.15. The van der Waals surface area contributed by atoms with Crippen LogP contribution in [0.15, 0.2) is 10.6 Å². The highest BCUT2D eigenvalue weighted by Gasteiger charge is 2.32. The van der Waals surface area contributed by atoms with Gasteiger partial charge in [-0.05, 0) is 18.8 Å². The van der Waals surface area contributed by atoms with E-state index in [1.165, 1.54) is 0 Å². The lowest BCUT2D eigenvalue weighted by Crippen LogP contribution is -2.40. The van der Waals surface area contributed by atoms with Gasteiger partial charge < -0.3 is 9.84 Å². The molecule has 1 aliphatic carbocycles. The first-order valence-corrected chi connectivity index (χ1v) is 7.23. The monoisotopic (exact) mass is 281 g/mol. The molecule has 2 atom stereocenters. The molecule has 6 heteroatoms. The lowest BCUT2D eigenvalue weighted by atomic mass is 10.1. The average molecular weight is 281 g/mol. The first kappa shape index (κ1) is 13.5. The highest BCUT2D eigenvalue weighted by molar-refractivity contribution is 5.92. The fourth-order valence-electron chi connectivity index (χ4n) is 2.76. The summed E-state index contributed by atoms with van der Waals surface area (Å²) in [7, 11) is 0. The maximum atomic E-state index is 12.4. The predicted octanol–water partition coefficient (Wildman–Crippen LogP) is 1.57. The molecule has 0 aromatic carbocycles. The van der Waals surface area contributed by atoms with E-state index in [9.17, 15) is 9.18 Å². The van der Waals surface area contributed by atoms with Gasteiger partial charge in [0.2, 0.25) is 0 Å². The van der Waals surface area contributed by atoms with Crippen LogP contribution >= 0.6 is 0 Å². The van der Waals surface area contributed by atoms with E-state index in [4.69, 9.17) is 4.52 Å².